The second kappa shape index (κ2) is 11.4. The molecule has 206 valence electrons. The van der Waals surface area contributed by atoms with Crippen molar-refractivity contribution in [1.82, 2.24) is 14.4 Å². The third kappa shape index (κ3) is 5.56. The third-order valence-electron chi connectivity index (χ3n) is 5.93. The molecule has 2 aromatic carbocycles. The molecule has 6 atom stereocenters. The van der Waals surface area contributed by atoms with Crippen molar-refractivity contribution in [3.63, 3.8) is 0 Å². The minimum atomic E-state index is -3.64. The first kappa shape index (κ1) is 28.0. The van der Waals surface area contributed by atoms with Crippen LogP contribution in [0, 0.1) is 0 Å². The Bertz CT molecular complexity index is 1510. The number of aliphatic hydroxyl groups is 1. The fourth-order valence-electron chi connectivity index (χ4n) is 3.88. The number of carbonyl (C=O) groups is 1. The smallest absolute Gasteiger partial charge is 0.351 e. The molecule has 1 aromatic heterocycles. The van der Waals surface area contributed by atoms with E-state index in [1.165, 1.54) is 19.1 Å². The highest BCUT2D eigenvalue weighted by atomic mass is 31.1. The summed E-state index contributed by atoms with van der Waals surface area (Å²) in [7, 11) is -3.64. The quantitative estimate of drug-likeness (QED) is 0.107. The first-order valence-electron chi connectivity index (χ1n) is 11.3. The molecule has 0 radical (unpaired) electrons. The van der Waals surface area contributed by atoms with Gasteiger partial charge in [-0.3, -0.25) is 13.9 Å². The molecule has 17 heteroatoms. The number of fused-ring (bicyclic) bond motifs is 1. The highest BCUT2D eigenvalue weighted by Gasteiger charge is 2.57. The number of hydrogen-bond donors (Lipinski definition) is 3. The van der Waals surface area contributed by atoms with Gasteiger partial charge in [0.05, 0.1) is 6.61 Å². The zero-order valence-corrected chi connectivity index (χ0v) is 21.2. The van der Waals surface area contributed by atoms with Gasteiger partial charge < -0.3 is 30.0 Å². The van der Waals surface area contributed by atoms with Crippen LogP contribution in [-0.2, 0) is 18.6 Å². The van der Waals surface area contributed by atoms with Crippen LogP contribution in [0.5, 0.6) is 5.75 Å². The third-order valence-corrected chi connectivity index (χ3v) is 7.16. The van der Waals surface area contributed by atoms with Crippen LogP contribution in [0.25, 0.3) is 21.2 Å². The molecule has 0 bridgehead atoms. The van der Waals surface area contributed by atoms with Crippen LogP contribution in [-0.4, -0.2) is 61.2 Å². The Morgan fingerprint density at radius 2 is 2.10 bits per heavy atom. The van der Waals surface area contributed by atoms with Crippen molar-refractivity contribution in [2.24, 2.45) is 5.11 Å². The molecular weight excluding hydrogens is 540 g/mol. The number of benzene rings is 2. The van der Waals surface area contributed by atoms with E-state index in [1.807, 2.05) is 0 Å². The van der Waals surface area contributed by atoms with Gasteiger partial charge in [0.1, 0.15) is 18.0 Å². The average molecular weight is 563 g/mol. The largest absolute Gasteiger partial charge is 0.480 e. The number of nitrogens with zero attached hydrogens (tertiary/aromatic N) is 6. The number of alkyl halides is 1. The Balaban J connectivity index is 1.60. The van der Waals surface area contributed by atoms with Crippen molar-refractivity contribution < 1.29 is 38.1 Å². The van der Waals surface area contributed by atoms with Crippen molar-refractivity contribution in [2.45, 2.75) is 37.2 Å². The Morgan fingerprint density at radius 3 is 2.79 bits per heavy atom. The molecule has 1 aliphatic heterocycles. The van der Waals surface area contributed by atoms with Crippen molar-refractivity contribution in [3.8, 4) is 5.75 Å². The van der Waals surface area contributed by atoms with Gasteiger partial charge in [-0.1, -0.05) is 46.3 Å². The molecule has 1 fully saturated rings. The Labute approximate surface area is 219 Å². The molecule has 15 nitrogen and oxygen atoms in total. The number of aliphatic carboxylic acids is 1. The van der Waals surface area contributed by atoms with Crippen LogP contribution in [0.4, 0.5) is 10.2 Å². The Kier molecular flexibility index (Phi) is 8.16. The normalized spacial score (nSPS) is 24.3. The number of nitrogen functional groups attached to an aromatic ring is 1. The van der Waals surface area contributed by atoms with Gasteiger partial charge in [0.25, 0.3) is 8.18 Å². The number of carboxylic acids is 1. The molecule has 0 aliphatic carbocycles. The molecular formula is C22H23FN7O8P. The molecule has 1 aliphatic rings. The number of rotatable bonds is 10. The summed E-state index contributed by atoms with van der Waals surface area (Å²) >= 11 is 0. The van der Waals surface area contributed by atoms with Gasteiger partial charge >= 0.3 is 11.7 Å². The number of halogens is 1. The molecule has 2 heterocycles. The van der Waals surface area contributed by atoms with Gasteiger partial charge in [0.15, 0.2) is 18.1 Å². The SMILES string of the molecule is CC(C(=O)O)N(Oc1cccc2ccccc12)[PH](=O)OC[C@@]1(N=[N+]=[N-])O[C@@H](n2ccc(N)nc2=O)[C@H](O)[C@@H]1F. The molecule has 1 saturated heterocycles. The number of ether oxygens (including phenoxy) is 1. The second-order valence-corrected chi connectivity index (χ2v) is 9.70. The number of hydrogen-bond acceptors (Lipinski definition) is 10. The number of aliphatic hydroxyl groups excluding tert-OH is 1. The number of nitrogens with two attached hydrogens (primary N) is 1. The topological polar surface area (TPSA) is 215 Å². The van der Waals surface area contributed by atoms with Gasteiger partial charge in [-0.05, 0) is 30.0 Å². The van der Waals surface area contributed by atoms with Crippen LogP contribution in [0.3, 0.4) is 0 Å². The predicted molar refractivity (Wildman–Crippen MR) is 134 cm³/mol. The maximum absolute atomic E-state index is 15.3. The molecule has 0 saturated carbocycles. The summed E-state index contributed by atoms with van der Waals surface area (Å²) in [6, 6.07) is 11.7. The van der Waals surface area contributed by atoms with E-state index in [4.69, 9.17) is 25.4 Å². The lowest BCUT2D eigenvalue weighted by atomic mass is 10.1. The number of aromatic nitrogens is 2. The predicted octanol–water partition coefficient (Wildman–Crippen LogP) is 2.39. The van der Waals surface area contributed by atoms with E-state index in [0.717, 1.165) is 16.2 Å². The number of carboxylic acid groups (broad SMARTS) is 1. The maximum atomic E-state index is 15.3. The van der Waals surface area contributed by atoms with Crippen LogP contribution in [0.2, 0.25) is 0 Å². The van der Waals surface area contributed by atoms with Gasteiger partial charge in [0, 0.05) is 16.5 Å². The van der Waals surface area contributed by atoms with E-state index in [9.17, 15) is 24.4 Å². The highest BCUT2D eigenvalue weighted by molar-refractivity contribution is 7.36. The number of anilines is 1. The Morgan fingerprint density at radius 1 is 1.38 bits per heavy atom. The highest BCUT2D eigenvalue weighted by Crippen LogP contribution is 2.43. The lowest BCUT2D eigenvalue weighted by Crippen LogP contribution is -2.43. The number of azide groups is 1. The zero-order valence-electron chi connectivity index (χ0n) is 20.2. The summed E-state index contributed by atoms with van der Waals surface area (Å²) in [5.74, 6) is -1.38. The lowest BCUT2D eigenvalue weighted by Gasteiger charge is -2.29. The van der Waals surface area contributed by atoms with Crippen molar-refractivity contribution in [3.05, 3.63) is 75.7 Å². The maximum Gasteiger partial charge on any atom is 0.351 e. The van der Waals surface area contributed by atoms with Crippen LogP contribution in [0.1, 0.15) is 13.2 Å². The second-order valence-electron chi connectivity index (χ2n) is 8.44. The van der Waals surface area contributed by atoms with E-state index in [1.54, 1.807) is 36.4 Å². The minimum absolute atomic E-state index is 0.136. The summed E-state index contributed by atoms with van der Waals surface area (Å²) in [6.07, 6.45) is -5.11. The summed E-state index contributed by atoms with van der Waals surface area (Å²) in [4.78, 5) is 36.3. The standard InChI is InChI=1S/C22H23FN7O8P/c1-12(20(32)33)30(38-15-8-4-6-13-5-2-3-7-14(13)15)39(35)36-11-22(27-28-25)18(23)17(31)19(37-22)29-10-9-16(24)26-21(29)34/h2-10,12,17-19,31,39H,11H2,1H3,(H,32,33)(H2,24,26,34)/t12?,17-,18+,19-,22-/m1/s1. The average Bonchev–Trinajstić information content (AvgIpc) is 3.15. The molecule has 4 N–H and O–H groups in total. The fraction of sp³-hybridized carbons (Fsp3) is 0.318. The minimum Gasteiger partial charge on any atom is -0.480 e. The van der Waals surface area contributed by atoms with E-state index >= 15 is 4.39 Å². The number of hydroxylamine groups is 1. The summed E-state index contributed by atoms with van der Waals surface area (Å²) in [5, 5.41) is 24.6. The summed E-state index contributed by atoms with van der Waals surface area (Å²) in [5.41, 5.74) is 11.0. The molecule has 39 heavy (non-hydrogen) atoms. The van der Waals surface area contributed by atoms with Gasteiger partial charge in [-0.15, -0.1) is 0 Å². The molecule has 2 unspecified atom stereocenters. The van der Waals surface area contributed by atoms with E-state index in [2.05, 4.69) is 15.0 Å². The van der Waals surface area contributed by atoms with Gasteiger partial charge in [-0.25, -0.2) is 9.18 Å². The molecule has 0 amide bonds. The van der Waals surface area contributed by atoms with Crippen molar-refractivity contribution in [2.75, 3.05) is 12.3 Å². The first-order valence-corrected chi connectivity index (χ1v) is 12.6. The summed E-state index contributed by atoms with van der Waals surface area (Å²) < 4.78 is 40.0. The molecule has 4 rings (SSSR count). The van der Waals surface area contributed by atoms with E-state index in [0.29, 0.717) is 10.2 Å². The monoisotopic (exact) mass is 563 g/mol. The molecule has 3 aromatic rings. The zero-order chi connectivity index (χ0) is 28.3. The van der Waals surface area contributed by atoms with Crippen LogP contribution in [0.15, 0.2) is 64.6 Å². The summed E-state index contributed by atoms with van der Waals surface area (Å²) in [6.45, 7) is 0.148. The van der Waals surface area contributed by atoms with Gasteiger partial charge in [-0.2, -0.15) is 4.98 Å². The van der Waals surface area contributed by atoms with Crippen molar-refractivity contribution in [1.29, 1.82) is 0 Å². The lowest BCUT2D eigenvalue weighted by molar-refractivity contribution is -0.148. The van der Waals surface area contributed by atoms with Gasteiger partial charge in [0.2, 0.25) is 5.72 Å². The molecule has 0 spiro atoms. The fourth-order valence-corrected chi connectivity index (χ4v) is 4.93. The van der Waals surface area contributed by atoms with Crippen LogP contribution < -0.4 is 16.3 Å². The van der Waals surface area contributed by atoms with Crippen molar-refractivity contribution >= 4 is 30.7 Å². The Hall–Kier alpha value is -4.04. The van der Waals surface area contributed by atoms with Crippen LogP contribution >= 0.6 is 8.18 Å². The van der Waals surface area contributed by atoms with E-state index < -0.39 is 56.7 Å². The van der Waals surface area contributed by atoms with E-state index in [-0.39, 0.29) is 11.6 Å². The first-order chi connectivity index (χ1) is 18.6.